The molecule has 0 unspecified atom stereocenters. The highest BCUT2D eigenvalue weighted by atomic mass is 19.3. The fourth-order valence-corrected chi connectivity index (χ4v) is 1.25. The first-order chi connectivity index (χ1) is 8.11. The average molecular weight is 244 g/mol. The lowest BCUT2D eigenvalue weighted by Crippen LogP contribution is -2.24. The van der Waals surface area contributed by atoms with Crippen molar-refractivity contribution in [3.05, 3.63) is 29.8 Å². The Kier molecular flexibility index (Phi) is 5.35. The summed E-state index contributed by atoms with van der Waals surface area (Å²) in [6, 6.07) is 6.18. The number of carbonyl (C=O) groups is 1. The lowest BCUT2D eigenvalue weighted by atomic mass is 10.2. The third-order valence-corrected chi connectivity index (χ3v) is 1.98. The zero-order valence-electron chi connectivity index (χ0n) is 9.16. The van der Waals surface area contributed by atoms with E-state index in [1.165, 1.54) is 12.1 Å². The van der Waals surface area contributed by atoms with Crippen LogP contribution in [0.3, 0.4) is 0 Å². The normalized spacial score (nSPS) is 10.4. The van der Waals surface area contributed by atoms with E-state index in [1.54, 1.807) is 12.1 Å². The molecular weight excluding hydrogens is 230 g/mol. The maximum atomic E-state index is 12.0. The Bertz CT molecular complexity index is 372. The number of nitrogens with two attached hydrogens (primary N) is 1. The van der Waals surface area contributed by atoms with Crippen LogP contribution in [0.15, 0.2) is 24.3 Å². The Morgan fingerprint density at radius 3 is 2.88 bits per heavy atom. The van der Waals surface area contributed by atoms with E-state index >= 15 is 0 Å². The van der Waals surface area contributed by atoms with Gasteiger partial charge in [-0.15, -0.1) is 0 Å². The van der Waals surface area contributed by atoms with Gasteiger partial charge >= 0.3 is 6.61 Å². The summed E-state index contributed by atoms with van der Waals surface area (Å²) in [4.78, 5) is 11.1. The van der Waals surface area contributed by atoms with Crippen molar-refractivity contribution in [3.63, 3.8) is 0 Å². The molecule has 0 atom stereocenters. The molecule has 0 bridgehead atoms. The predicted molar refractivity (Wildman–Crippen MR) is 58.6 cm³/mol. The molecule has 0 aliphatic carbocycles. The molecule has 0 aliphatic heterocycles. The van der Waals surface area contributed by atoms with Crippen LogP contribution in [0.2, 0.25) is 0 Å². The predicted octanol–water partition coefficient (Wildman–Crippen LogP) is 1.25. The number of halogens is 2. The van der Waals surface area contributed by atoms with E-state index in [4.69, 9.17) is 5.73 Å². The van der Waals surface area contributed by atoms with Crippen LogP contribution in [0.5, 0.6) is 5.75 Å². The summed E-state index contributed by atoms with van der Waals surface area (Å²) >= 11 is 0. The number of nitrogens with one attached hydrogen (secondary N) is 1. The van der Waals surface area contributed by atoms with Gasteiger partial charge in [-0.25, -0.2) is 0 Å². The highest BCUT2D eigenvalue weighted by Crippen LogP contribution is 2.15. The van der Waals surface area contributed by atoms with Crippen molar-refractivity contribution >= 4 is 5.91 Å². The molecule has 0 saturated carbocycles. The van der Waals surface area contributed by atoms with Gasteiger partial charge in [0.2, 0.25) is 5.91 Å². The molecule has 0 aromatic heterocycles. The van der Waals surface area contributed by atoms with Crippen LogP contribution < -0.4 is 15.8 Å². The van der Waals surface area contributed by atoms with Crippen LogP contribution in [0, 0.1) is 0 Å². The molecule has 0 fully saturated rings. The van der Waals surface area contributed by atoms with E-state index in [1.807, 2.05) is 0 Å². The molecule has 0 heterocycles. The van der Waals surface area contributed by atoms with Gasteiger partial charge in [0.15, 0.2) is 0 Å². The maximum absolute atomic E-state index is 12.0. The molecule has 1 rings (SSSR count). The number of benzene rings is 1. The molecule has 6 heteroatoms. The van der Waals surface area contributed by atoms with Gasteiger partial charge in [0, 0.05) is 19.5 Å². The average Bonchev–Trinajstić information content (AvgIpc) is 2.26. The zero-order valence-corrected chi connectivity index (χ0v) is 9.16. The quantitative estimate of drug-likeness (QED) is 0.791. The van der Waals surface area contributed by atoms with Crippen molar-refractivity contribution in [1.29, 1.82) is 0 Å². The van der Waals surface area contributed by atoms with E-state index in [0.717, 1.165) is 0 Å². The first-order valence-electron chi connectivity index (χ1n) is 5.12. The topological polar surface area (TPSA) is 64.4 Å². The molecule has 94 valence electrons. The smallest absolute Gasteiger partial charge is 0.387 e. The van der Waals surface area contributed by atoms with Crippen LogP contribution in [0.4, 0.5) is 8.78 Å². The summed E-state index contributed by atoms with van der Waals surface area (Å²) in [7, 11) is 0. The number of alkyl halides is 2. The van der Waals surface area contributed by atoms with Crippen LogP contribution >= 0.6 is 0 Å². The van der Waals surface area contributed by atoms with Crippen LogP contribution in [0.25, 0.3) is 0 Å². The molecule has 3 N–H and O–H groups in total. The monoisotopic (exact) mass is 244 g/mol. The van der Waals surface area contributed by atoms with Gasteiger partial charge in [-0.2, -0.15) is 8.78 Å². The largest absolute Gasteiger partial charge is 0.435 e. The highest BCUT2D eigenvalue weighted by molar-refractivity contribution is 5.76. The van der Waals surface area contributed by atoms with Crippen molar-refractivity contribution in [3.8, 4) is 5.75 Å². The number of ether oxygens (including phenoxy) is 1. The zero-order chi connectivity index (χ0) is 12.7. The summed E-state index contributed by atoms with van der Waals surface area (Å²) in [6.07, 6.45) is 0.243. The fraction of sp³-hybridized carbons (Fsp3) is 0.364. The summed E-state index contributed by atoms with van der Waals surface area (Å²) in [5.41, 5.74) is 5.90. The van der Waals surface area contributed by atoms with Gasteiger partial charge in [-0.1, -0.05) is 12.1 Å². The van der Waals surface area contributed by atoms with E-state index in [2.05, 4.69) is 10.1 Å². The molecule has 1 amide bonds. The second-order valence-corrected chi connectivity index (χ2v) is 3.34. The molecule has 4 nitrogen and oxygen atoms in total. The third kappa shape index (κ3) is 5.26. The second kappa shape index (κ2) is 6.80. The minimum absolute atomic E-state index is 0.0746. The Morgan fingerprint density at radius 1 is 1.47 bits per heavy atom. The number of carbonyl (C=O) groups excluding carboxylic acids is 1. The minimum Gasteiger partial charge on any atom is -0.435 e. The maximum Gasteiger partial charge on any atom is 0.387 e. The van der Waals surface area contributed by atoms with Crippen molar-refractivity contribution < 1.29 is 18.3 Å². The van der Waals surface area contributed by atoms with Gasteiger partial charge in [-0.05, 0) is 17.7 Å². The number of rotatable bonds is 6. The highest BCUT2D eigenvalue weighted by Gasteiger charge is 2.05. The lowest BCUT2D eigenvalue weighted by Gasteiger charge is -2.07. The first-order valence-corrected chi connectivity index (χ1v) is 5.12. The molecule has 0 spiro atoms. The van der Waals surface area contributed by atoms with Crippen LogP contribution in [0.1, 0.15) is 12.0 Å². The first kappa shape index (κ1) is 13.4. The van der Waals surface area contributed by atoms with Gasteiger partial charge in [0.1, 0.15) is 5.75 Å². The van der Waals surface area contributed by atoms with E-state index < -0.39 is 6.61 Å². The van der Waals surface area contributed by atoms with E-state index in [9.17, 15) is 13.6 Å². The number of amides is 1. The van der Waals surface area contributed by atoms with Gasteiger partial charge in [0.05, 0.1) is 0 Å². The van der Waals surface area contributed by atoms with E-state index in [-0.39, 0.29) is 31.2 Å². The van der Waals surface area contributed by atoms with E-state index in [0.29, 0.717) is 5.56 Å². The summed E-state index contributed by atoms with van der Waals surface area (Å²) in [5, 5.41) is 2.62. The van der Waals surface area contributed by atoms with Crippen molar-refractivity contribution in [2.45, 2.75) is 19.6 Å². The van der Waals surface area contributed by atoms with Gasteiger partial charge in [0.25, 0.3) is 0 Å². The third-order valence-electron chi connectivity index (χ3n) is 1.98. The second-order valence-electron chi connectivity index (χ2n) is 3.34. The molecule has 17 heavy (non-hydrogen) atoms. The molecule has 1 aromatic rings. The lowest BCUT2D eigenvalue weighted by molar-refractivity contribution is -0.121. The summed E-state index contributed by atoms with van der Waals surface area (Å²) in [6.45, 7) is -2.31. The van der Waals surface area contributed by atoms with Gasteiger partial charge in [-0.3, -0.25) is 4.79 Å². The Labute approximate surface area is 97.8 Å². The fourth-order valence-electron chi connectivity index (χ4n) is 1.25. The molecule has 0 radical (unpaired) electrons. The Balaban J connectivity index is 2.51. The standard InChI is InChI=1S/C11H14F2N2O2/c12-11(13)17-9-3-1-2-8(6-9)7-15-10(16)4-5-14/h1-3,6,11H,4-5,7,14H2,(H,15,16). The summed E-state index contributed by atoms with van der Waals surface area (Å²) < 4.78 is 28.2. The van der Waals surface area contributed by atoms with Crippen LogP contribution in [-0.2, 0) is 11.3 Å². The Morgan fingerprint density at radius 2 is 2.24 bits per heavy atom. The van der Waals surface area contributed by atoms with Crippen molar-refractivity contribution in [2.24, 2.45) is 5.73 Å². The minimum atomic E-state index is -2.85. The molecule has 1 aromatic carbocycles. The van der Waals surface area contributed by atoms with Crippen LogP contribution in [-0.4, -0.2) is 19.1 Å². The Hall–Kier alpha value is -1.69. The summed E-state index contributed by atoms with van der Waals surface area (Å²) in [5.74, 6) is -0.0988. The van der Waals surface area contributed by atoms with Crippen molar-refractivity contribution in [1.82, 2.24) is 5.32 Å². The van der Waals surface area contributed by atoms with Gasteiger partial charge < -0.3 is 15.8 Å². The molecule has 0 saturated heterocycles. The SMILES string of the molecule is NCCC(=O)NCc1cccc(OC(F)F)c1. The number of hydrogen-bond donors (Lipinski definition) is 2. The van der Waals surface area contributed by atoms with Crippen molar-refractivity contribution in [2.75, 3.05) is 6.54 Å². The number of hydrogen-bond acceptors (Lipinski definition) is 3. The molecular formula is C11H14F2N2O2. The molecule has 0 aliphatic rings.